The molecular formula is C18H21F2N9O. The van der Waals surface area contributed by atoms with Crippen LogP contribution in [0.3, 0.4) is 0 Å². The minimum absolute atomic E-state index is 0.00966. The number of nitrogens with one attached hydrogen (secondary N) is 2. The van der Waals surface area contributed by atoms with Gasteiger partial charge < -0.3 is 22.1 Å². The van der Waals surface area contributed by atoms with E-state index in [1.807, 2.05) is 0 Å². The Hall–Kier alpha value is -3.41. The molecule has 1 aliphatic carbocycles. The number of hydrogen-bond donors (Lipinski definition) is 4. The fraction of sp³-hybridized carbons (Fsp3) is 0.389. The first-order chi connectivity index (χ1) is 14.4. The minimum Gasteiger partial charge on any atom is -0.364 e. The molecule has 0 aliphatic heterocycles. The number of primary amides is 1. The number of carbonyl (C=O) groups is 1. The molecule has 4 rings (SSSR count). The molecular weight excluding hydrogens is 396 g/mol. The molecule has 0 unspecified atom stereocenters. The molecule has 0 radical (unpaired) electrons. The van der Waals surface area contributed by atoms with Crippen LogP contribution in [0, 0.1) is 0 Å². The lowest BCUT2D eigenvalue weighted by Crippen LogP contribution is -2.43. The molecule has 1 aliphatic rings. The molecule has 1 amide bonds. The third kappa shape index (κ3) is 3.99. The van der Waals surface area contributed by atoms with E-state index in [9.17, 15) is 13.6 Å². The first-order valence-electron chi connectivity index (χ1n) is 9.51. The normalized spacial score (nSPS) is 19.2. The van der Waals surface area contributed by atoms with E-state index in [-0.39, 0.29) is 35.1 Å². The number of halogens is 2. The van der Waals surface area contributed by atoms with E-state index in [2.05, 4.69) is 30.9 Å². The maximum absolute atomic E-state index is 13.1. The number of nitrogens with two attached hydrogens (primary N) is 2. The van der Waals surface area contributed by atoms with E-state index in [1.165, 1.54) is 12.3 Å². The van der Waals surface area contributed by atoms with Crippen LogP contribution in [0.1, 0.15) is 42.7 Å². The van der Waals surface area contributed by atoms with Crippen molar-refractivity contribution in [3.8, 4) is 0 Å². The van der Waals surface area contributed by atoms with Crippen molar-refractivity contribution in [2.75, 3.05) is 10.6 Å². The Morgan fingerprint density at radius 2 is 2.03 bits per heavy atom. The predicted octanol–water partition coefficient (Wildman–Crippen LogP) is 2.14. The first-order valence-corrected chi connectivity index (χ1v) is 9.51. The van der Waals surface area contributed by atoms with Gasteiger partial charge in [0.1, 0.15) is 0 Å². The number of nitrogens with zero attached hydrogens (tertiary/aromatic N) is 5. The highest BCUT2D eigenvalue weighted by atomic mass is 19.3. The van der Waals surface area contributed by atoms with Crippen LogP contribution in [0.25, 0.3) is 10.9 Å². The van der Waals surface area contributed by atoms with Gasteiger partial charge in [0.15, 0.2) is 11.5 Å². The average Bonchev–Trinajstić information content (AvgIpc) is 3.13. The second kappa shape index (κ2) is 8.14. The van der Waals surface area contributed by atoms with Crippen molar-refractivity contribution >= 4 is 34.3 Å². The lowest BCUT2D eigenvalue weighted by molar-refractivity contribution is 0.0615. The Balaban J connectivity index is 1.64. The number of fused-ring (bicyclic) bond motifs is 1. The van der Waals surface area contributed by atoms with E-state index >= 15 is 0 Å². The maximum Gasteiger partial charge on any atom is 0.333 e. The molecule has 1 saturated carbocycles. The van der Waals surface area contributed by atoms with Crippen LogP contribution >= 0.6 is 0 Å². The van der Waals surface area contributed by atoms with Gasteiger partial charge in [-0.15, -0.1) is 10.2 Å². The zero-order valence-corrected chi connectivity index (χ0v) is 15.9. The molecule has 2 heterocycles. The van der Waals surface area contributed by atoms with Crippen LogP contribution in [0.2, 0.25) is 0 Å². The van der Waals surface area contributed by atoms with E-state index in [4.69, 9.17) is 11.5 Å². The van der Waals surface area contributed by atoms with Gasteiger partial charge in [-0.05, 0) is 31.0 Å². The molecule has 158 valence electrons. The van der Waals surface area contributed by atoms with E-state index < -0.39 is 12.5 Å². The van der Waals surface area contributed by atoms with Crippen molar-refractivity contribution in [2.45, 2.75) is 44.3 Å². The second-order valence-corrected chi connectivity index (χ2v) is 7.16. The average molecular weight is 417 g/mol. The second-order valence-electron chi connectivity index (χ2n) is 7.16. The van der Waals surface area contributed by atoms with Crippen LogP contribution in [0.15, 0.2) is 24.4 Å². The van der Waals surface area contributed by atoms with Gasteiger partial charge in [0, 0.05) is 23.2 Å². The lowest BCUT2D eigenvalue weighted by atomic mass is 9.91. The van der Waals surface area contributed by atoms with E-state index in [0.717, 1.165) is 25.7 Å². The summed E-state index contributed by atoms with van der Waals surface area (Å²) in [6.45, 7) is -2.78. The largest absolute Gasteiger partial charge is 0.364 e. The molecule has 1 aromatic carbocycles. The summed E-state index contributed by atoms with van der Waals surface area (Å²) in [5.41, 5.74) is 12.0. The molecule has 0 saturated heterocycles. The highest BCUT2D eigenvalue weighted by Gasteiger charge is 2.23. The zero-order chi connectivity index (χ0) is 21.3. The molecule has 1 fully saturated rings. The number of rotatable bonds is 6. The lowest BCUT2D eigenvalue weighted by Gasteiger charge is -2.29. The molecule has 12 heteroatoms. The molecule has 10 nitrogen and oxygen atoms in total. The van der Waals surface area contributed by atoms with Gasteiger partial charge >= 0.3 is 6.55 Å². The Bertz CT molecular complexity index is 1070. The summed E-state index contributed by atoms with van der Waals surface area (Å²) < 4.78 is 26.9. The smallest absolute Gasteiger partial charge is 0.333 e. The third-order valence-electron chi connectivity index (χ3n) is 5.10. The topological polar surface area (TPSA) is 150 Å². The number of hydrogen-bond acceptors (Lipinski definition) is 8. The maximum atomic E-state index is 13.1. The summed E-state index contributed by atoms with van der Waals surface area (Å²) in [5, 5.41) is 18.1. The third-order valence-corrected chi connectivity index (χ3v) is 5.10. The monoisotopic (exact) mass is 417 g/mol. The Labute approximate surface area is 170 Å². The van der Waals surface area contributed by atoms with Crippen LogP contribution in [0.4, 0.5) is 26.2 Å². The van der Waals surface area contributed by atoms with Crippen LogP contribution in [-0.4, -0.2) is 43.0 Å². The SMILES string of the molecule is NC(=O)c1nnc(N[C@@H]2CCCC[C@@H]2N)nc1Nc1ccc2cnn(C(F)F)c2c1. The zero-order valence-electron chi connectivity index (χ0n) is 15.9. The van der Waals surface area contributed by atoms with Crippen molar-refractivity contribution in [1.29, 1.82) is 0 Å². The van der Waals surface area contributed by atoms with Crippen molar-refractivity contribution in [3.05, 3.63) is 30.1 Å². The van der Waals surface area contributed by atoms with Gasteiger partial charge in [0.25, 0.3) is 5.91 Å². The highest BCUT2D eigenvalue weighted by Crippen LogP contribution is 2.26. The molecule has 3 aromatic rings. The van der Waals surface area contributed by atoms with E-state index in [0.29, 0.717) is 15.8 Å². The number of anilines is 3. The first kappa shape index (κ1) is 19.9. The summed E-state index contributed by atoms with van der Waals surface area (Å²) in [4.78, 5) is 16.1. The molecule has 6 N–H and O–H groups in total. The van der Waals surface area contributed by atoms with Crippen molar-refractivity contribution in [2.24, 2.45) is 11.5 Å². The predicted molar refractivity (Wildman–Crippen MR) is 106 cm³/mol. The molecule has 0 bridgehead atoms. The Kier molecular flexibility index (Phi) is 5.40. The highest BCUT2D eigenvalue weighted by molar-refractivity contribution is 5.96. The number of amides is 1. The summed E-state index contributed by atoms with van der Waals surface area (Å²) in [5.74, 6) is -0.562. The Morgan fingerprint density at radius 1 is 1.23 bits per heavy atom. The fourth-order valence-corrected chi connectivity index (χ4v) is 3.55. The summed E-state index contributed by atoms with van der Waals surface area (Å²) in [7, 11) is 0. The van der Waals surface area contributed by atoms with Gasteiger partial charge in [0.2, 0.25) is 5.95 Å². The number of benzene rings is 1. The van der Waals surface area contributed by atoms with Gasteiger partial charge in [-0.2, -0.15) is 18.9 Å². The van der Waals surface area contributed by atoms with Crippen molar-refractivity contribution < 1.29 is 13.6 Å². The number of aromatic nitrogens is 5. The van der Waals surface area contributed by atoms with Gasteiger partial charge in [-0.25, -0.2) is 4.68 Å². The standard InChI is InChI=1S/C18H21F2N9O/c19-17(20)29-13-7-10(6-5-9(13)8-23-29)24-16-14(15(22)30)27-28-18(26-16)25-12-4-2-1-3-11(12)21/h5-8,11-12,17H,1-4,21H2,(H2,22,30)(H2,24,25,26,28)/t11-,12+/m0/s1. The summed E-state index contributed by atoms with van der Waals surface area (Å²) in [6, 6.07) is 4.71. The molecule has 2 aromatic heterocycles. The number of carbonyl (C=O) groups excluding carboxylic acids is 1. The molecule has 30 heavy (non-hydrogen) atoms. The van der Waals surface area contributed by atoms with Crippen LogP contribution < -0.4 is 22.1 Å². The summed E-state index contributed by atoms with van der Waals surface area (Å²) >= 11 is 0. The van der Waals surface area contributed by atoms with Gasteiger partial charge in [-0.1, -0.05) is 12.8 Å². The minimum atomic E-state index is -2.78. The van der Waals surface area contributed by atoms with Crippen molar-refractivity contribution in [3.63, 3.8) is 0 Å². The molecule has 2 atom stereocenters. The fourth-order valence-electron chi connectivity index (χ4n) is 3.55. The Morgan fingerprint density at radius 3 is 2.77 bits per heavy atom. The van der Waals surface area contributed by atoms with Crippen molar-refractivity contribution in [1.82, 2.24) is 25.0 Å². The van der Waals surface area contributed by atoms with E-state index in [1.54, 1.807) is 12.1 Å². The van der Waals surface area contributed by atoms with Gasteiger partial charge in [-0.3, -0.25) is 4.79 Å². The quantitative estimate of drug-likeness (QED) is 0.476. The van der Waals surface area contributed by atoms with Gasteiger partial charge in [0.05, 0.1) is 11.7 Å². The molecule has 0 spiro atoms. The van der Waals surface area contributed by atoms with Crippen LogP contribution in [0.5, 0.6) is 0 Å². The summed E-state index contributed by atoms with van der Waals surface area (Å²) in [6.07, 6.45) is 5.24. The number of alkyl halides is 2. The van der Waals surface area contributed by atoms with Crippen LogP contribution in [-0.2, 0) is 0 Å².